The summed E-state index contributed by atoms with van der Waals surface area (Å²) in [5.74, 6) is -0.0463. The molecule has 0 radical (unpaired) electrons. The summed E-state index contributed by atoms with van der Waals surface area (Å²) in [7, 11) is 0. The molecule has 0 saturated heterocycles. The van der Waals surface area contributed by atoms with Gasteiger partial charge in [-0.2, -0.15) is 5.10 Å². The standard InChI is InChI=1S/C18H22N4O2/c1-13(23)21-15-7-5-14(6-8-15)9-11-19-18(24)17-4-2-3-16-10-12-20-22(16)17/h5-8,10,12,17H,2-4,9,11H2,1H3,(H,19,24)(H,21,23). The molecule has 2 amide bonds. The number of rotatable bonds is 5. The van der Waals surface area contributed by atoms with Gasteiger partial charge in [0.25, 0.3) is 0 Å². The van der Waals surface area contributed by atoms with E-state index >= 15 is 0 Å². The molecule has 2 heterocycles. The summed E-state index contributed by atoms with van der Waals surface area (Å²) in [6.07, 6.45) is 5.37. The summed E-state index contributed by atoms with van der Waals surface area (Å²) in [6.45, 7) is 2.07. The van der Waals surface area contributed by atoms with Gasteiger partial charge in [-0.15, -0.1) is 0 Å². The van der Waals surface area contributed by atoms with Crippen LogP contribution in [0.5, 0.6) is 0 Å². The number of fused-ring (bicyclic) bond motifs is 1. The minimum Gasteiger partial charge on any atom is -0.354 e. The highest BCUT2D eigenvalue weighted by Gasteiger charge is 2.26. The van der Waals surface area contributed by atoms with E-state index in [1.807, 2.05) is 35.0 Å². The van der Waals surface area contributed by atoms with Crippen molar-refractivity contribution < 1.29 is 9.59 Å². The second kappa shape index (κ2) is 7.29. The predicted molar refractivity (Wildman–Crippen MR) is 91.7 cm³/mol. The SMILES string of the molecule is CC(=O)Nc1ccc(CCNC(=O)C2CCCc3ccnn32)cc1. The van der Waals surface area contributed by atoms with Crippen LogP contribution in [0.1, 0.15) is 37.1 Å². The summed E-state index contributed by atoms with van der Waals surface area (Å²) in [4.78, 5) is 23.4. The van der Waals surface area contributed by atoms with Crippen LogP contribution in [0, 0.1) is 0 Å². The number of amides is 2. The van der Waals surface area contributed by atoms with Crippen molar-refractivity contribution in [2.75, 3.05) is 11.9 Å². The Morgan fingerprint density at radius 1 is 1.25 bits per heavy atom. The molecule has 1 aliphatic rings. The van der Waals surface area contributed by atoms with Gasteiger partial charge in [0.05, 0.1) is 0 Å². The van der Waals surface area contributed by atoms with E-state index in [-0.39, 0.29) is 17.9 Å². The fourth-order valence-corrected chi connectivity index (χ4v) is 3.07. The first-order chi connectivity index (χ1) is 11.6. The maximum Gasteiger partial charge on any atom is 0.244 e. The molecule has 24 heavy (non-hydrogen) atoms. The molecule has 2 N–H and O–H groups in total. The van der Waals surface area contributed by atoms with Crippen molar-refractivity contribution in [3.63, 3.8) is 0 Å². The number of anilines is 1. The quantitative estimate of drug-likeness (QED) is 0.883. The van der Waals surface area contributed by atoms with Gasteiger partial charge in [-0.05, 0) is 49.4 Å². The van der Waals surface area contributed by atoms with Gasteiger partial charge >= 0.3 is 0 Å². The van der Waals surface area contributed by atoms with Crippen molar-refractivity contribution in [3.05, 3.63) is 47.8 Å². The minimum absolute atomic E-state index is 0.0366. The van der Waals surface area contributed by atoms with Gasteiger partial charge in [-0.3, -0.25) is 14.3 Å². The first-order valence-corrected chi connectivity index (χ1v) is 8.30. The van der Waals surface area contributed by atoms with Crippen LogP contribution in [0.2, 0.25) is 0 Å². The van der Waals surface area contributed by atoms with Crippen LogP contribution < -0.4 is 10.6 Å². The van der Waals surface area contributed by atoms with Gasteiger partial charge in [-0.1, -0.05) is 12.1 Å². The second-order valence-electron chi connectivity index (χ2n) is 6.09. The Morgan fingerprint density at radius 2 is 2.04 bits per heavy atom. The number of aromatic nitrogens is 2. The third-order valence-corrected chi connectivity index (χ3v) is 4.25. The molecule has 1 unspecified atom stereocenters. The van der Waals surface area contributed by atoms with Crippen LogP contribution in [0.15, 0.2) is 36.5 Å². The van der Waals surface area contributed by atoms with Crippen molar-refractivity contribution in [2.45, 2.75) is 38.6 Å². The molecule has 126 valence electrons. The Hall–Kier alpha value is -2.63. The molecule has 6 heteroatoms. The normalized spacial score (nSPS) is 16.3. The van der Waals surface area contributed by atoms with Crippen molar-refractivity contribution >= 4 is 17.5 Å². The molecular formula is C18H22N4O2. The predicted octanol–water partition coefficient (Wildman–Crippen LogP) is 2.08. The van der Waals surface area contributed by atoms with Crippen molar-refractivity contribution in [1.82, 2.24) is 15.1 Å². The first kappa shape index (κ1) is 16.2. The highest BCUT2D eigenvalue weighted by atomic mass is 16.2. The Balaban J connectivity index is 1.50. The number of carbonyl (C=O) groups is 2. The zero-order valence-electron chi connectivity index (χ0n) is 13.8. The maximum absolute atomic E-state index is 12.4. The number of nitrogens with one attached hydrogen (secondary N) is 2. The van der Waals surface area contributed by atoms with E-state index in [2.05, 4.69) is 15.7 Å². The Kier molecular flexibility index (Phi) is 4.93. The van der Waals surface area contributed by atoms with Crippen LogP contribution in [0.3, 0.4) is 0 Å². The molecule has 6 nitrogen and oxygen atoms in total. The molecule has 0 bridgehead atoms. The lowest BCUT2D eigenvalue weighted by Gasteiger charge is -2.23. The van der Waals surface area contributed by atoms with Crippen molar-refractivity contribution in [3.8, 4) is 0 Å². The summed E-state index contributed by atoms with van der Waals surface area (Å²) < 4.78 is 1.85. The number of hydrogen-bond acceptors (Lipinski definition) is 3. The fourth-order valence-electron chi connectivity index (χ4n) is 3.07. The van der Waals surface area contributed by atoms with Gasteiger partial charge in [0, 0.05) is 31.0 Å². The van der Waals surface area contributed by atoms with E-state index < -0.39 is 0 Å². The smallest absolute Gasteiger partial charge is 0.244 e. The lowest BCUT2D eigenvalue weighted by Crippen LogP contribution is -2.36. The van der Waals surface area contributed by atoms with E-state index in [1.165, 1.54) is 6.92 Å². The molecule has 1 atom stereocenters. The van der Waals surface area contributed by atoms with Crippen LogP contribution >= 0.6 is 0 Å². The monoisotopic (exact) mass is 326 g/mol. The lowest BCUT2D eigenvalue weighted by molar-refractivity contribution is -0.125. The molecule has 3 rings (SSSR count). The zero-order valence-corrected chi connectivity index (χ0v) is 13.8. The lowest BCUT2D eigenvalue weighted by atomic mass is 10.0. The van der Waals surface area contributed by atoms with E-state index in [0.717, 1.165) is 42.6 Å². The number of carbonyl (C=O) groups excluding carboxylic acids is 2. The van der Waals surface area contributed by atoms with Crippen molar-refractivity contribution in [1.29, 1.82) is 0 Å². The minimum atomic E-state index is -0.189. The maximum atomic E-state index is 12.4. The highest BCUT2D eigenvalue weighted by Crippen LogP contribution is 2.23. The molecular weight excluding hydrogens is 304 g/mol. The largest absolute Gasteiger partial charge is 0.354 e. The number of aryl methyl sites for hydroxylation is 1. The second-order valence-corrected chi connectivity index (χ2v) is 6.09. The molecule has 1 aromatic carbocycles. The molecule has 0 fully saturated rings. The third-order valence-electron chi connectivity index (χ3n) is 4.25. The molecule has 0 spiro atoms. The zero-order chi connectivity index (χ0) is 16.9. The number of nitrogens with zero attached hydrogens (tertiary/aromatic N) is 2. The Morgan fingerprint density at radius 3 is 2.79 bits per heavy atom. The van der Waals surface area contributed by atoms with E-state index in [1.54, 1.807) is 6.20 Å². The summed E-state index contributed by atoms with van der Waals surface area (Å²) >= 11 is 0. The average molecular weight is 326 g/mol. The topological polar surface area (TPSA) is 76.0 Å². The number of benzene rings is 1. The Bertz CT molecular complexity index is 721. The van der Waals surface area contributed by atoms with Crippen LogP contribution in [0.25, 0.3) is 0 Å². The van der Waals surface area contributed by atoms with Gasteiger partial charge in [0.2, 0.25) is 11.8 Å². The Labute approximate surface area is 141 Å². The van der Waals surface area contributed by atoms with Crippen LogP contribution in [0.4, 0.5) is 5.69 Å². The highest BCUT2D eigenvalue weighted by molar-refractivity contribution is 5.88. The number of hydrogen-bond donors (Lipinski definition) is 2. The van der Waals surface area contributed by atoms with Gasteiger partial charge in [0.15, 0.2) is 0 Å². The molecule has 1 aliphatic heterocycles. The summed E-state index contributed by atoms with van der Waals surface area (Å²) in [6, 6.07) is 9.46. The van der Waals surface area contributed by atoms with E-state index in [4.69, 9.17) is 0 Å². The van der Waals surface area contributed by atoms with E-state index in [9.17, 15) is 9.59 Å². The first-order valence-electron chi connectivity index (χ1n) is 8.30. The van der Waals surface area contributed by atoms with Crippen LogP contribution in [-0.4, -0.2) is 28.1 Å². The van der Waals surface area contributed by atoms with Crippen LogP contribution in [-0.2, 0) is 22.4 Å². The molecule has 0 saturated carbocycles. The average Bonchev–Trinajstić information content (AvgIpc) is 3.04. The van der Waals surface area contributed by atoms with Gasteiger partial charge in [-0.25, -0.2) is 0 Å². The third kappa shape index (κ3) is 3.82. The van der Waals surface area contributed by atoms with Gasteiger partial charge < -0.3 is 10.6 Å². The molecule has 0 aliphatic carbocycles. The molecule has 1 aromatic heterocycles. The van der Waals surface area contributed by atoms with E-state index in [0.29, 0.717) is 6.54 Å². The van der Waals surface area contributed by atoms with Crippen molar-refractivity contribution in [2.24, 2.45) is 0 Å². The summed E-state index contributed by atoms with van der Waals surface area (Å²) in [5, 5.41) is 10.0. The molecule has 2 aromatic rings. The summed E-state index contributed by atoms with van der Waals surface area (Å²) in [5.41, 5.74) is 3.03. The van der Waals surface area contributed by atoms with Gasteiger partial charge in [0.1, 0.15) is 6.04 Å². The fraction of sp³-hybridized carbons (Fsp3) is 0.389.